The highest BCUT2D eigenvalue weighted by Crippen LogP contribution is 2.24. The zero-order valence-corrected chi connectivity index (χ0v) is 16.0. The van der Waals surface area contributed by atoms with Gasteiger partial charge in [-0.25, -0.2) is 9.97 Å². The minimum atomic E-state index is 0.185. The van der Waals surface area contributed by atoms with E-state index in [2.05, 4.69) is 40.8 Å². The summed E-state index contributed by atoms with van der Waals surface area (Å²) in [5.74, 6) is 2.00. The number of nitrogens with zero attached hydrogens (tertiary/aromatic N) is 4. The minimum absolute atomic E-state index is 0.185. The number of amides is 1. The normalized spacial score (nSPS) is 18.1. The van der Waals surface area contributed by atoms with Gasteiger partial charge in [-0.1, -0.05) is 44.2 Å². The van der Waals surface area contributed by atoms with Gasteiger partial charge in [0.1, 0.15) is 11.6 Å². The second kappa shape index (κ2) is 8.30. The van der Waals surface area contributed by atoms with Crippen LogP contribution < -0.4 is 4.90 Å². The van der Waals surface area contributed by atoms with Crippen molar-refractivity contribution in [2.75, 3.05) is 18.0 Å². The fraction of sp³-hybridized carbons (Fsp3) is 0.476. The van der Waals surface area contributed by atoms with Gasteiger partial charge in [-0.15, -0.1) is 0 Å². The Morgan fingerprint density at radius 1 is 1.19 bits per heavy atom. The molecule has 5 nitrogen and oxygen atoms in total. The molecule has 2 heterocycles. The number of benzene rings is 1. The van der Waals surface area contributed by atoms with Crippen molar-refractivity contribution in [2.24, 2.45) is 0 Å². The average Bonchev–Trinajstić information content (AvgIpc) is 2.82. The fourth-order valence-corrected chi connectivity index (χ4v) is 3.57. The first-order valence-electron chi connectivity index (χ1n) is 9.53. The van der Waals surface area contributed by atoms with Crippen LogP contribution in [0.4, 0.5) is 5.82 Å². The molecule has 0 N–H and O–H groups in total. The number of aromatic nitrogens is 2. The van der Waals surface area contributed by atoms with Gasteiger partial charge in [-0.3, -0.25) is 4.79 Å². The van der Waals surface area contributed by atoms with Gasteiger partial charge in [-0.05, 0) is 25.3 Å². The molecule has 5 heteroatoms. The summed E-state index contributed by atoms with van der Waals surface area (Å²) in [6.45, 7) is 8.41. The summed E-state index contributed by atoms with van der Waals surface area (Å²) in [5, 5.41) is 0. The summed E-state index contributed by atoms with van der Waals surface area (Å²) in [4.78, 5) is 26.2. The monoisotopic (exact) mass is 352 g/mol. The van der Waals surface area contributed by atoms with Gasteiger partial charge in [0.15, 0.2) is 0 Å². The zero-order chi connectivity index (χ0) is 18.5. The Morgan fingerprint density at radius 3 is 2.65 bits per heavy atom. The molecule has 3 rings (SSSR count). The van der Waals surface area contributed by atoms with Crippen molar-refractivity contribution in [3.63, 3.8) is 0 Å². The van der Waals surface area contributed by atoms with Crippen molar-refractivity contribution in [2.45, 2.75) is 52.6 Å². The van der Waals surface area contributed by atoms with E-state index in [4.69, 9.17) is 4.98 Å². The molecule has 0 spiro atoms. The topological polar surface area (TPSA) is 49.3 Å². The number of aryl methyl sites for hydroxylation is 2. The van der Waals surface area contributed by atoms with E-state index in [1.807, 2.05) is 31.3 Å². The van der Waals surface area contributed by atoms with Gasteiger partial charge >= 0.3 is 0 Å². The van der Waals surface area contributed by atoms with Crippen LogP contribution >= 0.6 is 0 Å². The van der Waals surface area contributed by atoms with E-state index in [0.29, 0.717) is 19.5 Å². The highest BCUT2D eigenvalue weighted by Gasteiger charge is 2.30. The number of rotatable bonds is 5. The lowest BCUT2D eigenvalue weighted by atomic mass is 10.1. The van der Waals surface area contributed by atoms with Crippen molar-refractivity contribution in [3.8, 4) is 0 Å². The van der Waals surface area contributed by atoms with E-state index in [-0.39, 0.29) is 11.9 Å². The number of hydrogen-bond donors (Lipinski definition) is 0. The molecular weight excluding hydrogens is 324 g/mol. The molecule has 1 aromatic carbocycles. The molecule has 1 amide bonds. The van der Waals surface area contributed by atoms with Crippen LogP contribution in [-0.4, -0.2) is 39.9 Å². The first-order chi connectivity index (χ1) is 12.6. The van der Waals surface area contributed by atoms with Crippen LogP contribution in [-0.2, 0) is 17.8 Å². The van der Waals surface area contributed by atoms with Gasteiger partial charge < -0.3 is 9.80 Å². The Morgan fingerprint density at radius 2 is 1.96 bits per heavy atom. The van der Waals surface area contributed by atoms with Gasteiger partial charge in [0.2, 0.25) is 5.91 Å². The molecule has 0 bridgehead atoms. The maximum atomic E-state index is 12.9. The number of carbonyl (C=O) groups excluding carboxylic acids is 1. The maximum Gasteiger partial charge on any atom is 0.224 e. The average molecular weight is 352 g/mol. The molecule has 0 unspecified atom stereocenters. The van der Waals surface area contributed by atoms with Crippen LogP contribution in [0.2, 0.25) is 0 Å². The summed E-state index contributed by atoms with van der Waals surface area (Å²) < 4.78 is 0. The molecule has 1 aliphatic rings. The largest absolute Gasteiger partial charge is 0.354 e. The van der Waals surface area contributed by atoms with E-state index in [9.17, 15) is 4.79 Å². The van der Waals surface area contributed by atoms with Crippen molar-refractivity contribution in [1.29, 1.82) is 0 Å². The SMILES string of the molecule is CCc1cnc(C)nc1N1CCC(=O)N(Cc2ccccc2)[C@@H](CC)C1. The van der Waals surface area contributed by atoms with Crippen LogP contribution in [0.5, 0.6) is 0 Å². The first-order valence-corrected chi connectivity index (χ1v) is 9.53. The predicted molar refractivity (Wildman–Crippen MR) is 104 cm³/mol. The molecule has 1 saturated heterocycles. The Kier molecular flexibility index (Phi) is 5.86. The summed E-state index contributed by atoms with van der Waals surface area (Å²) in [6.07, 6.45) is 4.27. The zero-order valence-electron chi connectivity index (χ0n) is 16.0. The minimum Gasteiger partial charge on any atom is -0.354 e. The van der Waals surface area contributed by atoms with E-state index < -0.39 is 0 Å². The second-order valence-electron chi connectivity index (χ2n) is 6.88. The molecular formula is C21H28N4O. The third kappa shape index (κ3) is 4.03. The van der Waals surface area contributed by atoms with Gasteiger partial charge in [0, 0.05) is 43.9 Å². The second-order valence-corrected chi connectivity index (χ2v) is 6.88. The van der Waals surface area contributed by atoms with E-state index in [1.54, 1.807) is 0 Å². The molecule has 26 heavy (non-hydrogen) atoms. The lowest BCUT2D eigenvalue weighted by molar-refractivity contribution is -0.133. The highest BCUT2D eigenvalue weighted by atomic mass is 16.2. The molecule has 1 atom stereocenters. The summed E-state index contributed by atoms with van der Waals surface area (Å²) >= 11 is 0. The molecule has 2 aromatic rings. The molecule has 0 saturated carbocycles. The van der Waals surface area contributed by atoms with E-state index >= 15 is 0 Å². The fourth-order valence-electron chi connectivity index (χ4n) is 3.57. The van der Waals surface area contributed by atoms with Crippen molar-refractivity contribution >= 4 is 11.7 Å². The molecule has 138 valence electrons. The van der Waals surface area contributed by atoms with Crippen molar-refractivity contribution in [1.82, 2.24) is 14.9 Å². The van der Waals surface area contributed by atoms with Crippen LogP contribution in [0.1, 0.15) is 43.6 Å². The summed E-state index contributed by atoms with van der Waals surface area (Å²) in [6, 6.07) is 10.4. The van der Waals surface area contributed by atoms with Gasteiger partial charge in [0.25, 0.3) is 0 Å². The van der Waals surface area contributed by atoms with Crippen LogP contribution in [0, 0.1) is 6.92 Å². The molecule has 1 aliphatic heterocycles. The smallest absolute Gasteiger partial charge is 0.224 e. The number of carbonyl (C=O) groups is 1. The summed E-state index contributed by atoms with van der Waals surface area (Å²) in [5.41, 5.74) is 2.33. The van der Waals surface area contributed by atoms with Crippen LogP contribution in [0.25, 0.3) is 0 Å². The van der Waals surface area contributed by atoms with Gasteiger partial charge in [-0.2, -0.15) is 0 Å². The van der Waals surface area contributed by atoms with Crippen molar-refractivity contribution in [3.05, 3.63) is 53.5 Å². The van der Waals surface area contributed by atoms with E-state index in [1.165, 1.54) is 5.56 Å². The predicted octanol–water partition coefficient (Wildman–Crippen LogP) is 3.36. The first kappa shape index (κ1) is 18.4. The lowest BCUT2D eigenvalue weighted by Crippen LogP contribution is -2.42. The Hall–Kier alpha value is -2.43. The highest BCUT2D eigenvalue weighted by molar-refractivity contribution is 5.78. The third-order valence-electron chi connectivity index (χ3n) is 5.10. The van der Waals surface area contributed by atoms with Crippen molar-refractivity contribution < 1.29 is 4.79 Å². The third-order valence-corrected chi connectivity index (χ3v) is 5.10. The Bertz CT molecular complexity index is 747. The summed E-state index contributed by atoms with van der Waals surface area (Å²) in [7, 11) is 0. The molecule has 0 radical (unpaired) electrons. The maximum absolute atomic E-state index is 12.9. The molecule has 1 aromatic heterocycles. The van der Waals surface area contributed by atoms with Crippen LogP contribution in [0.15, 0.2) is 36.5 Å². The Labute approximate surface area is 156 Å². The molecule has 1 fully saturated rings. The standard InChI is InChI=1S/C21H28N4O/c1-4-18-13-22-16(3)23-21(18)24-12-11-20(26)25(19(5-2)15-24)14-17-9-7-6-8-10-17/h6-10,13,19H,4-5,11-12,14-15H2,1-3H3/t19-/m0/s1. The van der Waals surface area contributed by atoms with E-state index in [0.717, 1.165) is 36.6 Å². The van der Waals surface area contributed by atoms with Gasteiger partial charge in [0.05, 0.1) is 0 Å². The Balaban J connectivity index is 1.86. The van der Waals surface area contributed by atoms with Crippen LogP contribution in [0.3, 0.4) is 0 Å². The molecule has 0 aliphatic carbocycles. The number of anilines is 1. The number of hydrogen-bond acceptors (Lipinski definition) is 4. The quantitative estimate of drug-likeness (QED) is 0.828. The lowest BCUT2D eigenvalue weighted by Gasteiger charge is -2.32.